The lowest BCUT2D eigenvalue weighted by atomic mass is 10.2. The Hall–Kier alpha value is -1.72. The number of nitrogens with zero attached hydrogens (tertiary/aromatic N) is 4. The maximum atomic E-state index is 4.90. The normalized spacial score (nSPS) is 11.4. The predicted molar refractivity (Wildman–Crippen MR) is 125 cm³/mol. The Morgan fingerprint density at radius 3 is 2.21 bits per heavy atom. The molecule has 0 unspecified atom stereocenters. The highest BCUT2D eigenvalue weighted by atomic mass is 35.6. The maximum Gasteiger partial charge on any atom is 0.215 e. The van der Waals surface area contributed by atoms with Gasteiger partial charge >= 0.3 is 0 Å². The Morgan fingerprint density at radius 1 is 0.931 bits per heavy atom. The molecule has 4 rings (SSSR count). The molecule has 0 amide bonds. The third kappa shape index (κ3) is 5.26. The summed E-state index contributed by atoms with van der Waals surface area (Å²) < 4.78 is 3.83. The first-order chi connectivity index (χ1) is 14.0. The van der Waals surface area contributed by atoms with Crippen molar-refractivity contribution in [3.8, 4) is 11.3 Å². The highest BCUT2D eigenvalue weighted by Gasteiger charge is 2.15. The van der Waals surface area contributed by atoms with E-state index in [0.717, 1.165) is 43.0 Å². The molecule has 0 saturated carbocycles. The Morgan fingerprint density at radius 2 is 1.55 bits per heavy atom. The van der Waals surface area contributed by atoms with Gasteiger partial charge in [-0.25, -0.2) is 4.98 Å². The summed E-state index contributed by atoms with van der Waals surface area (Å²) in [6.07, 6.45) is 2.22. The van der Waals surface area contributed by atoms with Gasteiger partial charge in [0.25, 0.3) is 0 Å². The van der Waals surface area contributed by atoms with E-state index in [4.69, 9.17) is 39.8 Å². The number of rotatable bonds is 6. The van der Waals surface area contributed by atoms with Gasteiger partial charge < -0.3 is 9.47 Å². The van der Waals surface area contributed by atoms with E-state index in [1.807, 2.05) is 6.07 Å². The number of aromatic nitrogens is 3. The van der Waals surface area contributed by atoms with Crippen LogP contribution in [0.25, 0.3) is 28.1 Å². The molecule has 4 nitrogen and oxygen atoms in total. The van der Waals surface area contributed by atoms with Crippen molar-refractivity contribution in [2.45, 2.75) is 24.7 Å². The Kier molecular flexibility index (Phi) is 7.84. The fourth-order valence-corrected chi connectivity index (χ4v) is 3.49. The fourth-order valence-electron chi connectivity index (χ4n) is 3.49. The van der Waals surface area contributed by atoms with Crippen LogP contribution in [0.4, 0.5) is 0 Å². The van der Waals surface area contributed by atoms with Crippen molar-refractivity contribution >= 4 is 51.6 Å². The van der Waals surface area contributed by atoms with Crippen LogP contribution in [-0.4, -0.2) is 42.8 Å². The van der Waals surface area contributed by atoms with Gasteiger partial charge in [-0.2, -0.15) is 0 Å². The molecule has 0 saturated heterocycles. The molecule has 0 N–H and O–H groups in total. The average Bonchev–Trinajstić information content (AvgIpc) is 3.25. The van der Waals surface area contributed by atoms with Crippen LogP contribution in [0.1, 0.15) is 13.8 Å². The summed E-state index contributed by atoms with van der Waals surface area (Å²) in [4.78, 5) is 7.35. The highest BCUT2D eigenvalue weighted by Crippen LogP contribution is 2.26. The Labute approximate surface area is 186 Å². The number of alkyl halides is 3. The van der Waals surface area contributed by atoms with Gasteiger partial charge in [-0.1, -0.05) is 91.1 Å². The van der Waals surface area contributed by atoms with E-state index < -0.39 is 4.30 Å². The van der Waals surface area contributed by atoms with Crippen LogP contribution in [0, 0.1) is 0 Å². The molecule has 154 valence electrons. The molecule has 7 heteroatoms. The van der Waals surface area contributed by atoms with Crippen molar-refractivity contribution in [1.29, 1.82) is 0 Å². The van der Waals surface area contributed by atoms with Crippen molar-refractivity contribution in [3.63, 3.8) is 0 Å². The lowest BCUT2D eigenvalue weighted by Gasteiger charge is -2.19. The van der Waals surface area contributed by atoms with Gasteiger partial charge in [0.15, 0.2) is 4.30 Å². The van der Waals surface area contributed by atoms with Gasteiger partial charge in [0.1, 0.15) is 0 Å². The molecule has 4 aromatic rings. The number of hydrogen-bond donors (Lipinski definition) is 0. The first-order valence-corrected chi connectivity index (χ1v) is 11.0. The molecule has 0 aliphatic rings. The summed E-state index contributed by atoms with van der Waals surface area (Å²) in [5.41, 5.74) is 4.67. The van der Waals surface area contributed by atoms with E-state index in [1.165, 1.54) is 11.3 Å². The quantitative estimate of drug-likeness (QED) is 0.322. The highest BCUT2D eigenvalue weighted by molar-refractivity contribution is 6.63. The van der Waals surface area contributed by atoms with E-state index in [0.29, 0.717) is 0 Å². The lowest BCUT2D eigenvalue weighted by molar-refractivity contribution is 0.292. The number of benzene rings is 2. The molecule has 2 aromatic heterocycles. The Bertz CT molecular complexity index is 1030. The molecule has 0 fully saturated rings. The standard InChI is InChI=1S/C21H24N4.CHCl3/c1-3-23(4-2)14-15-24-20(17-10-6-5-7-11-17)16-25-19-13-9-8-12-18(19)22-21(24)25;2-1(3)4/h5-13,16H,3-4,14-15H2,1-2H3;1H. The van der Waals surface area contributed by atoms with Gasteiger partial charge in [-0.3, -0.25) is 4.40 Å². The van der Waals surface area contributed by atoms with Crippen molar-refractivity contribution in [1.82, 2.24) is 18.9 Å². The number of para-hydroxylation sites is 2. The minimum atomic E-state index is -0.750. The molecule has 29 heavy (non-hydrogen) atoms. The third-order valence-electron chi connectivity index (χ3n) is 4.96. The van der Waals surface area contributed by atoms with E-state index in [9.17, 15) is 0 Å². The zero-order chi connectivity index (χ0) is 20.8. The predicted octanol–water partition coefficient (Wildman–Crippen LogP) is 6.28. The molecule has 0 radical (unpaired) electrons. The summed E-state index contributed by atoms with van der Waals surface area (Å²) in [5.74, 6) is 1.02. The van der Waals surface area contributed by atoms with Crippen LogP contribution in [0.3, 0.4) is 0 Å². The van der Waals surface area contributed by atoms with Gasteiger partial charge in [-0.05, 0) is 30.8 Å². The fraction of sp³-hybridized carbons (Fsp3) is 0.318. The zero-order valence-electron chi connectivity index (χ0n) is 16.6. The van der Waals surface area contributed by atoms with Crippen molar-refractivity contribution in [3.05, 3.63) is 60.8 Å². The van der Waals surface area contributed by atoms with E-state index in [1.54, 1.807) is 0 Å². The minimum Gasteiger partial charge on any atom is -0.308 e. The smallest absolute Gasteiger partial charge is 0.215 e. The van der Waals surface area contributed by atoms with Crippen LogP contribution in [-0.2, 0) is 6.54 Å². The van der Waals surface area contributed by atoms with Crippen molar-refractivity contribution < 1.29 is 0 Å². The Balaban J connectivity index is 0.000000552. The molecular formula is C22H25Cl3N4. The van der Waals surface area contributed by atoms with Gasteiger partial charge in [0.2, 0.25) is 5.78 Å². The number of likely N-dealkylation sites (N-methyl/N-ethyl adjacent to an activating group) is 1. The van der Waals surface area contributed by atoms with Gasteiger partial charge in [0.05, 0.1) is 16.7 Å². The molecule has 0 bridgehead atoms. The number of halogens is 3. The number of hydrogen-bond acceptors (Lipinski definition) is 2. The topological polar surface area (TPSA) is 25.5 Å². The van der Waals surface area contributed by atoms with E-state index >= 15 is 0 Å². The van der Waals surface area contributed by atoms with Crippen LogP contribution in [0.2, 0.25) is 0 Å². The maximum absolute atomic E-state index is 4.90. The molecule has 2 aromatic carbocycles. The van der Waals surface area contributed by atoms with Crippen LogP contribution in [0.5, 0.6) is 0 Å². The molecule has 0 atom stereocenters. The van der Waals surface area contributed by atoms with Crippen molar-refractivity contribution in [2.24, 2.45) is 0 Å². The first kappa shape index (κ1) is 22.0. The number of fused-ring (bicyclic) bond motifs is 3. The summed E-state index contributed by atoms with van der Waals surface area (Å²) in [6, 6.07) is 18.9. The van der Waals surface area contributed by atoms with Crippen LogP contribution in [0.15, 0.2) is 60.8 Å². The lowest BCUT2D eigenvalue weighted by Crippen LogP contribution is -2.27. The third-order valence-corrected chi connectivity index (χ3v) is 4.96. The largest absolute Gasteiger partial charge is 0.308 e. The number of imidazole rings is 2. The second-order valence-corrected chi connectivity index (χ2v) is 8.56. The summed E-state index contributed by atoms with van der Waals surface area (Å²) >= 11 is 14.4. The second kappa shape index (κ2) is 10.4. The average molecular weight is 452 g/mol. The molecule has 0 aliphatic carbocycles. The summed E-state index contributed by atoms with van der Waals surface area (Å²) in [5, 5.41) is 0. The first-order valence-electron chi connectivity index (χ1n) is 9.71. The van der Waals surface area contributed by atoms with Gasteiger partial charge in [-0.15, -0.1) is 0 Å². The van der Waals surface area contributed by atoms with E-state index in [2.05, 4.69) is 82.4 Å². The second-order valence-electron chi connectivity index (χ2n) is 6.58. The molecule has 0 aliphatic heterocycles. The monoisotopic (exact) mass is 450 g/mol. The zero-order valence-corrected chi connectivity index (χ0v) is 18.9. The van der Waals surface area contributed by atoms with Crippen molar-refractivity contribution in [2.75, 3.05) is 19.6 Å². The minimum absolute atomic E-state index is 0.750. The summed E-state index contributed by atoms with van der Waals surface area (Å²) in [7, 11) is 0. The SMILES string of the molecule is CCN(CC)CCn1c(-c2ccccc2)cn2c3ccccc3nc12.ClC(Cl)Cl. The van der Waals surface area contributed by atoms with Gasteiger partial charge in [0, 0.05) is 19.3 Å². The van der Waals surface area contributed by atoms with Crippen LogP contribution >= 0.6 is 34.8 Å². The molecule has 0 spiro atoms. The van der Waals surface area contributed by atoms with E-state index in [-0.39, 0.29) is 0 Å². The summed E-state index contributed by atoms with van der Waals surface area (Å²) in [6.45, 7) is 8.55. The molecular weight excluding hydrogens is 427 g/mol. The van der Waals surface area contributed by atoms with Crippen LogP contribution < -0.4 is 0 Å². The molecule has 2 heterocycles.